The molecule has 0 bridgehead atoms. The highest BCUT2D eigenvalue weighted by Gasteiger charge is 2.22. The second-order valence-electron chi connectivity index (χ2n) is 6.07. The van der Waals surface area contributed by atoms with Gasteiger partial charge >= 0.3 is 5.97 Å². The third kappa shape index (κ3) is 3.88. The Morgan fingerprint density at radius 1 is 1.24 bits per heavy atom. The first-order valence-corrected chi connectivity index (χ1v) is 11.0. The molecule has 0 fully saturated rings. The topological polar surface area (TPSA) is 69.4 Å². The molecule has 0 unspecified atom stereocenters. The fourth-order valence-electron chi connectivity index (χ4n) is 3.02. The van der Waals surface area contributed by atoms with Crippen LogP contribution in [0.1, 0.15) is 12.6 Å². The van der Waals surface area contributed by atoms with Gasteiger partial charge in [-0.25, -0.2) is 19.3 Å². The molecular weight excluding hydrogens is 411 g/mol. The maximum Gasteiger partial charge on any atom is 0.311 e. The number of nitrogens with zero attached hydrogens (tertiary/aromatic N) is 4. The summed E-state index contributed by atoms with van der Waals surface area (Å²) in [7, 11) is 0. The molecule has 3 heterocycles. The summed E-state index contributed by atoms with van der Waals surface area (Å²) in [5.74, 6) is -0.617. The molecular formula is C20H17FN4O2S2. The van der Waals surface area contributed by atoms with E-state index in [4.69, 9.17) is 9.72 Å². The van der Waals surface area contributed by atoms with Gasteiger partial charge in [0.05, 0.1) is 24.4 Å². The first-order chi connectivity index (χ1) is 14.1. The lowest BCUT2D eigenvalue weighted by Crippen LogP contribution is -2.09. The van der Waals surface area contributed by atoms with Gasteiger partial charge in [0, 0.05) is 22.8 Å². The predicted octanol–water partition coefficient (Wildman–Crippen LogP) is 4.49. The lowest BCUT2D eigenvalue weighted by atomic mass is 10.1. The van der Waals surface area contributed by atoms with Crippen LogP contribution in [0, 0.1) is 5.82 Å². The second kappa shape index (κ2) is 8.30. The number of hydrogen-bond donors (Lipinski definition) is 0. The van der Waals surface area contributed by atoms with Crippen LogP contribution in [-0.4, -0.2) is 38.2 Å². The minimum Gasteiger partial charge on any atom is -0.466 e. The molecule has 29 heavy (non-hydrogen) atoms. The molecule has 0 aliphatic heterocycles. The van der Waals surface area contributed by atoms with Crippen LogP contribution in [0.3, 0.4) is 0 Å². The van der Waals surface area contributed by atoms with Gasteiger partial charge < -0.3 is 4.74 Å². The fourth-order valence-corrected chi connectivity index (χ4v) is 4.26. The van der Waals surface area contributed by atoms with Gasteiger partial charge in [-0.3, -0.25) is 9.20 Å². The van der Waals surface area contributed by atoms with Crippen molar-refractivity contribution in [3.8, 4) is 22.6 Å². The first-order valence-electron chi connectivity index (χ1n) is 8.88. The number of carbonyl (C=O) groups is 1. The number of hydrogen-bond acceptors (Lipinski definition) is 7. The molecule has 0 amide bonds. The number of aromatic nitrogens is 4. The number of halogens is 1. The summed E-state index contributed by atoms with van der Waals surface area (Å²) in [6.07, 6.45) is 3.72. The zero-order valence-electron chi connectivity index (χ0n) is 15.8. The van der Waals surface area contributed by atoms with Crippen molar-refractivity contribution in [3.63, 3.8) is 0 Å². The van der Waals surface area contributed by atoms with E-state index in [0.717, 1.165) is 21.9 Å². The van der Waals surface area contributed by atoms with Crippen molar-refractivity contribution >= 4 is 34.0 Å². The van der Waals surface area contributed by atoms with E-state index in [1.54, 1.807) is 25.3 Å². The molecule has 148 valence electrons. The molecule has 1 aromatic carbocycles. The van der Waals surface area contributed by atoms with Crippen molar-refractivity contribution in [1.29, 1.82) is 0 Å². The van der Waals surface area contributed by atoms with Crippen LogP contribution in [0.5, 0.6) is 0 Å². The van der Waals surface area contributed by atoms with Crippen LogP contribution < -0.4 is 0 Å². The van der Waals surface area contributed by atoms with Crippen molar-refractivity contribution < 1.29 is 13.9 Å². The minimum absolute atomic E-state index is 0.126. The lowest BCUT2D eigenvalue weighted by Gasteiger charge is -2.08. The normalized spacial score (nSPS) is 11.1. The van der Waals surface area contributed by atoms with Crippen molar-refractivity contribution in [2.45, 2.75) is 18.5 Å². The first kappa shape index (κ1) is 19.5. The molecule has 9 heteroatoms. The molecule has 0 spiro atoms. The fraction of sp³-hybridized carbons (Fsp3) is 0.200. The number of rotatable bonds is 6. The Morgan fingerprint density at radius 2 is 2.03 bits per heavy atom. The number of carbonyl (C=O) groups excluding carboxylic acids is 1. The van der Waals surface area contributed by atoms with Gasteiger partial charge in [-0.05, 0) is 43.5 Å². The van der Waals surface area contributed by atoms with Gasteiger partial charge in [0.15, 0.2) is 10.1 Å². The van der Waals surface area contributed by atoms with E-state index in [-0.39, 0.29) is 18.2 Å². The van der Waals surface area contributed by atoms with Crippen LogP contribution >= 0.6 is 23.1 Å². The van der Waals surface area contributed by atoms with Crippen LogP contribution in [0.25, 0.3) is 27.6 Å². The monoisotopic (exact) mass is 428 g/mol. The van der Waals surface area contributed by atoms with E-state index in [1.807, 2.05) is 22.1 Å². The summed E-state index contributed by atoms with van der Waals surface area (Å²) >= 11 is 2.87. The van der Waals surface area contributed by atoms with Crippen LogP contribution in [0.15, 0.2) is 47.1 Å². The number of esters is 1. The van der Waals surface area contributed by atoms with E-state index in [9.17, 15) is 9.18 Å². The summed E-state index contributed by atoms with van der Waals surface area (Å²) in [6.45, 7) is 2.11. The molecule has 3 aromatic heterocycles. The SMILES string of the molecule is CCOC(=O)Cc1csc2nc(-c3ccc(F)cc3)c(-c3ccnc(SC)n3)n12. The Hall–Kier alpha value is -2.78. The van der Waals surface area contributed by atoms with Crippen molar-refractivity contribution in [2.24, 2.45) is 0 Å². The van der Waals surface area contributed by atoms with E-state index in [1.165, 1.54) is 35.2 Å². The highest BCUT2D eigenvalue weighted by molar-refractivity contribution is 7.98. The molecule has 4 rings (SSSR count). The summed E-state index contributed by atoms with van der Waals surface area (Å²) in [6, 6.07) is 7.99. The van der Waals surface area contributed by atoms with Gasteiger partial charge in [0.25, 0.3) is 0 Å². The number of thioether (sulfide) groups is 1. The molecule has 0 atom stereocenters. The smallest absolute Gasteiger partial charge is 0.311 e. The zero-order valence-corrected chi connectivity index (χ0v) is 17.4. The summed E-state index contributed by atoms with van der Waals surface area (Å²) in [5, 5.41) is 2.53. The summed E-state index contributed by atoms with van der Waals surface area (Å²) in [5.41, 5.74) is 3.63. The Kier molecular flexibility index (Phi) is 5.59. The van der Waals surface area contributed by atoms with Crippen LogP contribution in [0.4, 0.5) is 4.39 Å². The molecule has 0 aliphatic carbocycles. The third-order valence-electron chi connectivity index (χ3n) is 4.24. The van der Waals surface area contributed by atoms with Crippen molar-refractivity contribution in [3.05, 3.63) is 53.4 Å². The average molecular weight is 429 g/mol. The Balaban J connectivity index is 1.94. The van der Waals surface area contributed by atoms with Crippen LogP contribution in [-0.2, 0) is 16.0 Å². The quantitative estimate of drug-likeness (QED) is 0.256. The molecule has 0 saturated heterocycles. The largest absolute Gasteiger partial charge is 0.466 e. The molecule has 0 N–H and O–H groups in total. The zero-order chi connectivity index (χ0) is 20.4. The molecule has 0 aliphatic rings. The van der Waals surface area contributed by atoms with Gasteiger partial charge in [-0.15, -0.1) is 11.3 Å². The van der Waals surface area contributed by atoms with Crippen molar-refractivity contribution in [1.82, 2.24) is 19.4 Å². The number of ether oxygens (including phenoxy) is 1. The van der Waals surface area contributed by atoms with Gasteiger partial charge in [0.2, 0.25) is 0 Å². The lowest BCUT2D eigenvalue weighted by molar-refractivity contribution is -0.142. The maximum atomic E-state index is 13.5. The van der Waals surface area contributed by atoms with E-state index in [2.05, 4.69) is 9.97 Å². The van der Waals surface area contributed by atoms with Crippen molar-refractivity contribution in [2.75, 3.05) is 12.9 Å². The van der Waals surface area contributed by atoms with E-state index in [0.29, 0.717) is 23.2 Å². The third-order valence-corrected chi connectivity index (χ3v) is 5.68. The van der Waals surface area contributed by atoms with Gasteiger partial charge in [-0.1, -0.05) is 11.8 Å². The average Bonchev–Trinajstić information content (AvgIpc) is 3.29. The molecule has 0 saturated carbocycles. The van der Waals surface area contributed by atoms with E-state index < -0.39 is 0 Å². The number of benzene rings is 1. The second-order valence-corrected chi connectivity index (χ2v) is 7.68. The molecule has 4 aromatic rings. The number of imidazole rings is 1. The minimum atomic E-state index is -0.314. The highest BCUT2D eigenvalue weighted by Crippen LogP contribution is 2.35. The standard InChI is InChI=1S/C20H17FN4O2S2/c1-3-27-16(26)10-14-11-29-20-24-17(12-4-6-13(21)7-5-12)18(25(14)20)15-8-9-22-19(23-15)28-2/h4-9,11H,3,10H2,1-2H3. The predicted molar refractivity (Wildman–Crippen MR) is 112 cm³/mol. The van der Waals surface area contributed by atoms with Crippen LogP contribution in [0.2, 0.25) is 0 Å². The van der Waals surface area contributed by atoms with Gasteiger partial charge in [-0.2, -0.15) is 0 Å². The van der Waals surface area contributed by atoms with E-state index >= 15 is 0 Å². The Bertz CT molecular complexity index is 1170. The maximum absolute atomic E-state index is 13.5. The number of thiazole rings is 1. The summed E-state index contributed by atoms with van der Waals surface area (Å²) < 4.78 is 20.5. The molecule has 6 nitrogen and oxygen atoms in total. The summed E-state index contributed by atoms with van der Waals surface area (Å²) in [4.78, 5) is 26.5. The van der Waals surface area contributed by atoms with Gasteiger partial charge in [0.1, 0.15) is 11.5 Å². The Morgan fingerprint density at radius 3 is 2.76 bits per heavy atom. The molecule has 0 radical (unpaired) electrons. The Labute approximate surface area is 174 Å². The number of fused-ring (bicyclic) bond motifs is 1. The highest BCUT2D eigenvalue weighted by atomic mass is 32.2.